The molecule has 3 aromatic rings. The van der Waals surface area contributed by atoms with Crippen molar-refractivity contribution < 1.29 is 18.7 Å². The number of methoxy groups -OCH3 is 1. The van der Waals surface area contributed by atoms with Gasteiger partial charge in [-0.3, -0.25) is 4.79 Å². The molecule has 0 amide bonds. The number of thiophene rings is 1. The Morgan fingerprint density at radius 2 is 1.96 bits per heavy atom. The quantitative estimate of drug-likeness (QED) is 0.542. The Hall–Kier alpha value is -2.87. The van der Waals surface area contributed by atoms with Crippen molar-refractivity contribution >= 4 is 23.1 Å². The molecule has 0 fully saturated rings. The number of aromatic nitrogens is 3. The number of hydrogen-bond donors (Lipinski definition) is 0. The van der Waals surface area contributed by atoms with Gasteiger partial charge in [-0.2, -0.15) is 0 Å². The summed E-state index contributed by atoms with van der Waals surface area (Å²) >= 11 is 1.20. The minimum absolute atomic E-state index is 0.0959. The predicted octanol–water partition coefficient (Wildman–Crippen LogP) is 2.49. The van der Waals surface area contributed by atoms with Crippen molar-refractivity contribution in [2.24, 2.45) is 0 Å². The first-order valence-electron chi connectivity index (χ1n) is 6.49. The second kappa shape index (κ2) is 6.09. The summed E-state index contributed by atoms with van der Waals surface area (Å²) in [6.07, 6.45) is 1.42. The van der Waals surface area contributed by atoms with E-state index in [9.17, 15) is 14.0 Å². The molecule has 8 heteroatoms. The van der Waals surface area contributed by atoms with Gasteiger partial charge in [0.2, 0.25) is 5.78 Å². The SMILES string of the molecule is COC(=O)c1sccc1-n1cc(C(=O)c2ccc(F)cc2)nn1. The number of hydrogen-bond acceptors (Lipinski definition) is 6. The predicted molar refractivity (Wildman–Crippen MR) is 80.4 cm³/mol. The van der Waals surface area contributed by atoms with E-state index in [-0.39, 0.29) is 11.5 Å². The van der Waals surface area contributed by atoms with Gasteiger partial charge in [0, 0.05) is 5.56 Å². The van der Waals surface area contributed by atoms with E-state index < -0.39 is 11.8 Å². The van der Waals surface area contributed by atoms with Gasteiger partial charge in [-0.25, -0.2) is 13.9 Å². The number of nitrogens with zero attached hydrogens (tertiary/aromatic N) is 3. The molecule has 2 aromatic heterocycles. The molecule has 0 N–H and O–H groups in total. The number of ketones is 1. The Kier molecular flexibility index (Phi) is 3.98. The van der Waals surface area contributed by atoms with Gasteiger partial charge in [0.25, 0.3) is 0 Å². The third-order valence-electron chi connectivity index (χ3n) is 3.09. The maximum atomic E-state index is 12.9. The fourth-order valence-corrected chi connectivity index (χ4v) is 2.76. The number of esters is 1. The maximum absolute atomic E-state index is 12.9. The maximum Gasteiger partial charge on any atom is 0.350 e. The van der Waals surface area contributed by atoms with E-state index in [1.165, 1.54) is 53.6 Å². The number of rotatable bonds is 4. The summed E-state index contributed by atoms with van der Waals surface area (Å²) in [5.74, 6) is -1.30. The highest BCUT2D eigenvalue weighted by atomic mass is 32.1. The van der Waals surface area contributed by atoms with Crippen LogP contribution in [-0.4, -0.2) is 33.9 Å². The lowest BCUT2D eigenvalue weighted by molar-refractivity contribution is 0.0606. The van der Waals surface area contributed by atoms with E-state index >= 15 is 0 Å². The lowest BCUT2D eigenvalue weighted by Crippen LogP contribution is -2.05. The van der Waals surface area contributed by atoms with E-state index in [4.69, 9.17) is 4.74 Å². The van der Waals surface area contributed by atoms with Crippen LogP contribution < -0.4 is 0 Å². The van der Waals surface area contributed by atoms with Gasteiger partial charge in [-0.05, 0) is 35.7 Å². The zero-order chi connectivity index (χ0) is 16.4. The highest BCUT2D eigenvalue weighted by Crippen LogP contribution is 2.21. The van der Waals surface area contributed by atoms with E-state index in [1.807, 2.05) is 0 Å². The van der Waals surface area contributed by atoms with Crippen LogP contribution >= 0.6 is 11.3 Å². The monoisotopic (exact) mass is 331 g/mol. The molecule has 0 aliphatic carbocycles. The summed E-state index contributed by atoms with van der Waals surface area (Å²) < 4.78 is 18.9. The zero-order valence-electron chi connectivity index (χ0n) is 11.9. The highest BCUT2D eigenvalue weighted by Gasteiger charge is 2.19. The molecule has 0 unspecified atom stereocenters. The summed E-state index contributed by atoms with van der Waals surface area (Å²) in [5.41, 5.74) is 0.878. The summed E-state index contributed by atoms with van der Waals surface area (Å²) in [5, 5.41) is 9.40. The molecule has 0 aliphatic heterocycles. The Morgan fingerprint density at radius 1 is 1.22 bits per heavy atom. The van der Waals surface area contributed by atoms with Crippen LogP contribution in [0.3, 0.4) is 0 Å². The number of carbonyl (C=O) groups is 2. The Labute approximate surface area is 134 Å². The van der Waals surface area contributed by atoms with Crippen LogP contribution in [-0.2, 0) is 4.74 Å². The molecule has 23 heavy (non-hydrogen) atoms. The van der Waals surface area contributed by atoms with Crippen LogP contribution in [0, 0.1) is 5.82 Å². The van der Waals surface area contributed by atoms with E-state index in [0.29, 0.717) is 16.1 Å². The van der Waals surface area contributed by atoms with Crippen LogP contribution in [0.2, 0.25) is 0 Å². The van der Waals surface area contributed by atoms with Crippen molar-refractivity contribution in [2.45, 2.75) is 0 Å². The van der Waals surface area contributed by atoms with Gasteiger partial charge < -0.3 is 4.74 Å². The lowest BCUT2D eigenvalue weighted by Gasteiger charge is -2.00. The van der Waals surface area contributed by atoms with Crippen LogP contribution in [0.1, 0.15) is 25.7 Å². The van der Waals surface area contributed by atoms with Gasteiger partial charge in [-0.1, -0.05) is 5.21 Å². The van der Waals surface area contributed by atoms with E-state index in [1.54, 1.807) is 11.4 Å². The fraction of sp³-hybridized carbons (Fsp3) is 0.0667. The molecule has 0 radical (unpaired) electrons. The molecule has 3 rings (SSSR count). The molecule has 0 aliphatic rings. The highest BCUT2D eigenvalue weighted by molar-refractivity contribution is 7.12. The third kappa shape index (κ3) is 2.88. The van der Waals surface area contributed by atoms with Crippen LogP contribution in [0.5, 0.6) is 0 Å². The lowest BCUT2D eigenvalue weighted by atomic mass is 10.1. The van der Waals surface area contributed by atoms with Crippen molar-refractivity contribution in [1.29, 1.82) is 0 Å². The minimum atomic E-state index is -0.489. The molecule has 0 atom stereocenters. The Bertz CT molecular complexity index is 870. The van der Waals surface area contributed by atoms with Crippen molar-refractivity contribution in [2.75, 3.05) is 7.11 Å². The first-order valence-corrected chi connectivity index (χ1v) is 7.37. The molecule has 0 spiro atoms. The Morgan fingerprint density at radius 3 is 2.65 bits per heavy atom. The van der Waals surface area contributed by atoms with Gasteiger partial charge in [0.05, 0.1) is 19.0 Å². The van der Waals surface area contributed by atoms with Crippen molar-refractivity contribution in [3.05, 3.63) is 63.9 Å². The number of benzene rings is 1. The minimum Gasteiger partial charge on any atom is -0.465 e. The molecular formula is C15H10FN3O3S. The first-order chi connectivity index (χ1) is 11.1. The molecule has 1 aromatic carbocycles. The standard InChI is InChI=1S/C15H10FN3O3S/c1-22-15(21)14-12(6-7-23-14)19-8-11(17-18-19)13(20)9-2-4-10(16)5-3-9/h2-8H,1H3. The topological polar surface area (TPSA) is 74.1 Å². The second-order valence-corrected chi connectivity index (χ2v) is 5.43. The van der Waals surface area contributed by atoms with Gasteiger partial charge in [0.1, 0.15) is 10.7 Å². The normalized spacial score (nSPS) is 10.5. The second-order valence-electron chi connectivity index (χ2n) is 4.51. The summed E-state index contributed by atoms with van der Waals surface area (Å²) in [4.78, 5) is 24.3. The van der Waals surface area contributed by atoms with Crippen LogP contribution in [0.15, 0.2) is 41.9 Å². The Balaban J connectivity index is 1.92. The van der Waals surface area contributed by atoms with Crippen molar-refractivity contribution in [3.63, 3.8) is 0 Å². The number of carbonyl (C=O) groups excluding carboxylic acids is 2. The fourth-order valence-electron chi connectivity index (χ4n) is 1.96. The largest absolute Gasteiger partial charge is 0.465 e. The van der Waals surface area contributed by atoms with E-state index in [2.05, 4.69) is 10.3 Å². The average molecular weight is 331 g/mol. The van der Waals surface area contributed by atoms with Gasteiger partial charge >= 0.3 is 5.97 Å². The molecule has 0 bridgehead atoms. The number of ether oxygens (including phenoxy) is 1. The number of halogens is 1. The summed E-state index contributed by atoms with van der Waals surface area (Å²) in [6.45, 7) is 0. The van der Waals surface area contributed by atoms with E-state index in [0.717, 1.165) is 0 Å². The molecule has 2 heterocycles. The van der Waals surface area contributed by atoms with Crippen molar-refractivity contribution in [1.82, 2.24) is 15.0 Å². The van der Waals surface area contributed by atoms with Crippen LogP contribution in [0.4, 0.5) is 4.39 Å². The molecule has 0 saturated carbocycles. The summed E-state index contributed by atoms with van der Waals surface area (Å²) in [6, 6.07) is 6.83. The first kappa shape index (κ1) is 15.0. The van der Waals surface area contributed by atoms with Crippen molar-refractivity contribution in [3.8, 4) is 5.69 Å². The van der Waals surface area contributed by atoms with Gasteiger partial charge in [0.15, 0.2) is 5.69 Å². The van der Waals surface area contributed by atoms with Gasteiger partial charge in [-0.15, -0.1) is 16.4 Å². The average Bonchev–Trinajstić information content (AvgIpc) is 3.23. The zero-order valence-corrected chi connectivity index (χ0v) is 12.7. The molecule has 116 valence electrons. The molecule has 6 nitrogen and oxygen atoms in total. The smallest absolute Gasteiger partial charge is 0.350 e. The molecular weight excluding hydrogens is 321 g/mol. The third-order valence-corrected chi connectivity index (χ3v) is 3.98. The summed E-state index contributed by atoms with van der Waals surface area (Å²) in [7, 11) is 1.29. The molecule has 0 saturated heterocycles. The van der Waals surface area contributed by atoms with Crippen LogP contribution in [0.25, 0.3) is 5.69 Å².